The van der Waals surface area contributed by atoms with Crippen LogP contribution in [0, 0.1) is 0 Å². The number of carbonyl (C=O) groups is 1. The number of thioether (sulfide) groups is 1. The van der Waals surface area contributed by atoms with Crippen molar-refractivity contribution >= 4 is 44.5 Å². The first kappa shape index (κ1) is 22.5. The van der Waals surface area contributed by atoms with E-state index in [0.29, 0.717) is 25.3 Å². The van der Waals surface area contributed by atoms with Crippen LogP contribution in [0.2, 0.25) is 0 Å². The van der Waals surface area contributed by atoms with E-state index in [0.717, 1.165) is 16.0 Å². The Hall–Kier alpha value is -2.70. The number of nitrogens with zero attached hydrogens (tertiary/aromatic N) is 1. The lowest BCUT2D eigenvalue weighted by Gasteiger charge is -2.08. The molecule has 0 unspecified atom stereocenters. The monoisotopic (exact) mass is 508 g/mol. The molecule has 32 heavy (non-hydrogen) atoms. The van der Waals surface area contributed by atoms with Gasteiger partial charge in [-0.25, -0.2) is 0 Å². The number of amides is 1. The minimum atomic E-state index is -0.0747. The van der Waals surface area contributed by atoms with E-state index in [2.05, 4.69) is 80.5 Å². The highest BCUT2D eigenvalue weighted by Gasteiger charge is 2.10. The van der Waals surface area contributed by atoms with Gasteiger partial charge in [0, 0.05) is 50.9 Å². The molecule has 0 atom stereocenters. The maximum Gasteiger partial charge on any atom is 0.251 e. The Morgan fingerprint density at radius 2 is 1.78 bits per heavy atom. The van der Waals surface area contributed by atoms with E-state index in [1.807, 2.05) is 30.8 Å². The Labute approximate surface area is 201 Å². The van der Waals surface area contributed by atoms with Gasteiger partial charge in [-0.3, -0.25) is 4.79 Å². The van der Waals surface area contributed by atoms with Gasteiger partial charge in [-0.05, 0) is 55.0 Å². The third kappa shape index (κ3) is 5.56. The fraction of sp³-hybridized carbons (Fsp3) is 0.192. The summed E-state index contributed by atoms with van der Waals surface area (Å²) in [5, 5.41) is 4.27. The minimum absolute atomic E-state index is 0.0747. The average molecular weight is 509 g/mol. The summed E-state index contributed by atoms with van der Waals surface area (Å²) in [6.07, 6.45) is 2.19. The highest BCUT2D eigenvalue weighted by molar-refractivity contribution is 9.10. The first-order chi connectivity index (χ1) is 15.6. The minimum Gasteiger partial charge on any atom is -0.494 e. The molecule has 164 valence electrons. The molecule has 1 heterocycles. The van der Waals surface area contributed by atoms with Gasteiger partial charge in [0.05, 0.1) is 6.61 Å². The van der Waals surface area contributed by atoms with Gasteiger partial charge in [0.15, 0.2) is 0 Å². The van der Waals surface area contributed by atoms with E-state index < -0.39 is 0 Å². The zero-order valence-electron chi connectivity index (χ0n) is 17.9. The summed E-state index contributed by atoms with van der Waals surface area (Å²) in [4.78, 5) is 13.7. The number of hydrogen-bond donors (Lipinski definition) is 1. The van der Waals surface area contributed by atoms with Gasteiger partial charge in [0.2, 0.25) is 0 Å². The lowest BCUT2D eigenvalue weighted by molar-refractivity contribution is 0.0952. The second kappa shape index (κ2) is 10.7. The van der Waals surface area contributed by atoms with Crippen molar-refractivity contribution in [1.29, 1.82) is 0 Å². The number of rotatable bonds is 9. The van der Waals surface area contributed by atoms with Crippen molar-refractivity contribution < 1.29 is 9.53 Å². The predicted molar refractivity (Wildman–Crippen MR) is 136 cm³/mol. The third-order valence-electron chi connectivity index (χ3n) is 5.13. The van der Waals surface area contributed by atoms with Crippen LogP contribution in [0.25, 0.3) is 10.9 Å². The molecule has 3 aromatic carbocycles. The van der Waals surface area contributed by atoms with Gasteiger partial charge in [0.25, 0.3) is 5.91 Å². The number of carbonyl (C=O) groups excluding carboxylic acids is 1. The van der Waals surface area contributed by atoms with E-state index in [9.17, 15) is 4.79 Å². The molecule has 4 aromatic rings. The zero-order valence-corrected chi connectivity index (χ0v) is 20.3. The first-order valence-corrected chi connectivity index (χ1v) is 12.4. The van der Waals surface area contributed by atoms with Crippen LogP contribution < -0.4 is 10.1 Å². The number of para-hydroxylation sites is 1. The molecule has 4 nitrogen and oxygen atoms in total. The number of nitrogens with one attached hydrogen (secondary N) is 1. The van der Waals surface area contributed by atoms with Gasteiger partial charge in [0.1, 0.15) is 5.75 Å². The van der Waals surface area contributed by atoms with Gasteiger partial charge in [-0.2, -0.15) is 0 Å². The van der Waals surface area contributed by atoms with Gasteiger partial charge in [-0.1, -0.05) is 46.3 Å². The van der Waals surface area contributed by atoms with Crippen LogP contribution in [0.4, 0.5) is 0 Å². The molecule has 1 aromatic heterocycles. The summed E-state index contributed by atoms with van der Waals surface area (Å²) in [7, 11) is 0. The van der Waals surface area contributed by atoms with Crippen molar-refractivity contribution in [2.45, 2.75) is 24.1 Å². The SMILES string of the molecule is CCOc1ccc(C(=O)NCCn2cc(SCc3ccc(Br)cc3)c3ccccc32)cc1. The van der Waals surface area contributed by atoms with Crippen molar-refractivity contribution in [2.24, 2.45) is 0 Å². The highest BCUT2D eigenvalue weighted by atomic mass is 79.9. The van der Waals surface area contributed by atoms with Crippen LogP contribution in [-0.2, 0) is 12.3 Å². The third-order valence-corrected chi connectivity index (χ3v) is 6.77. The molecule has 0 radical (unpaired) electrons. The fourth-order valence-corrected chi connectivity index (χ4v) is 4.82. The van der Waals surface area contributed by atoms with Crippen LogP contribution in [0.1, 0.15) is 22.8 Å². The molecular formula is C26H25BrN2O2S. The maximum atomic E-state index is 12.5. The van der Waals surface area contributed by atoms with Crippen molar-refractivity contribution in [2.75, 3.05) is 13.2 Å². The molecule has 0 aliphatic carbocycles. The number of hydrogen-bond acceptors (Lipinski definition) is 3. The second-order valence-electron chi connectivity index (χ2n) is 7.33. The molecule has 0 saturated heterocycles. The number of benzene rings is 3. The Bertz CT molecular complexity index is 1190. The predicted octanol–water partition coefficient (Wildman–Crippen LogP) is 6.52. The molecule has 0 bridgehead atoms. The van der Waals surface area contributed by atoms with Crippen molar-refractivity contribution in [3.8, 4) is 5.75 Å². The summed E-state index contributed by atoms with van der Waals surface area (Å²) < 4.78 is 8.75. The Balaban J connectivity index is 1.39. The molecular weight excluding hydrogens is 484 g/mol. The highest BCUT2D eigenvalue weighted by Crippen LogP contribution is 2.32. The van der Waals surface area contributed by atoms with E-state index in [1.165, 1.54) is 21.4 Å². The van der Waals surface area contributed by atoms with Crippen LogP contribution >= 0.6 is 27.7 Å². The van der Waals surface area contributed by atoms with E-state index in [-0.39, 0.29) is 5.91 Å². The molecule has 1 amide bonds. The Morgan fingerprint density at radius 3 is 2.53 bits per heavy atom. The molecule has 0 aliphatic rings. The summed E-state index contributed by atoms with van der Waals surface area (Å²) >= 11 is 5.33. The van der Waals surface area contributed by atoms with Gasteiger partial charge >= 0.3 is 0 Å². The number of aromatic nitrogens is 1. The number of halogens is 1. The fourth-order valence-electron chi connectivity index (χ4n) is 3.52. The molecule has 4 rings (SSSR count). The standard InChI is InChI=1S/C26H25BrN2O2S/c1-2-31-22-13-9-20(10-14-22)26(30)28-15-16-29-17-25(23-5-3-4-6-24(23)29)32-18-19-7-11-21(27)12-8-19/h3-14,17H,2,15-16,18H2,1H3,(H,28,30). The normalized spacial score (nSPS) is 10.9. The number of fused-ring (bicyclic) bond motifs is 1. The van der Waals surface area contributed by atoms with Gasteiger partial charge in [-0.15, -0.1) is 11.8 Å². The lowest BCUT2D eigenvalue weighted by Crippen LogP contribution is -2.27. The average Bonchev–Trinajstić information content (AvgIpc) is 3.17. The Kier molecular flexibility index (Phi) is 7.55. The molecule has 1 N–H and O–H groups in total. The van der Waals surface area contributed by atoms with Crippen LogP contribution in [-0.4, -0.2) is 23.6 Å². The molecule has 6 heteroatoms. The molecule has 0 fully saturated rings. The van der Waals surface area contributed by atoms with E-state index in [4.69, 9.17) is 4.74 Å². The topological polar surface area (TPSA) is 43.3 Å². The summed E-state index contributed by atoms with van der Waals surface area (Å²) in [5.74, 6) is 1.61. The molecule has 0 aliphatic heterocycles. The second-order valence-corrected chi connectivity index (χ2v) is 9.27. The lowest BCUT2D eigenvalue weighted by atomic mass is 10.2. The summed E-state index contributed by atoms with van der Waals surface area (Å²) in [6.45, 7) is 3.82. The Morgan fingerprint density at radius 1 is 1.03 bits per heavy atom. The van der Waals surface area contributed by atoms with Crippen molar-refractivity contribution in [3.05, 3.63) is 94.6 Å². The van der Waals surface area contributed by atoms with Crippen LogP contribution in [0.3, 0.4) is 0 Å². The van der Waals surface area contributed by atoms with E-state index in [1.54, 1.807) is 12.1 Å². The zero-order chi connectivity index (χ0) is 22.3. The first-order valence-electron chi connectivity index (χ1n) is 10.6. The quantitative estimate of drug-likeness (QED) is 0.261. The van der Waals surface area contributed by atoms with E-state index >= 15 is 0 Å². The summed E-state index contributed by atoms with van der Waals surface area (Å²) in [5.41, 5.74) is 3.11. The summed E-state index contributed by atoms with van der Waals surface area (Å²) in [6, 6.07) is 24.1. The largest absolute Gasteiger partial charge is 0.494 e. The number of ether oxygens (including phenoxy) is 1. The molecule has 0 spiro atoms. The maximum absolute atomic E-state index is 12.5. The smallest absolute Gasteiger partial charge is 0.251 e. The van der Waals surface area contributed by atoms with Crippen molar-refractivity contribution in [3.63, 3.8) is 0 Å². The molecule has 0 saturated carbocycles. The van der Waals surface area contributed by atoms with Gasteiger partial charge < -0.3 is 14.6 Å². The van der Waals surface area contributed by atoms with Crippen LogP contribution in [0.15, 0.2) is 88.4 Å². The van der Waals surface area contributed by atoms with Crippen molar-refractivity contribution in [1.82, 2.24) is 9.88 Å². The van der Waals surface area contributed by atoms with Crippen LogP contribution in [0.5, 0.6) is 5.75 Å².